The maximum Gasteiger partial charge on any atom is 0.310 e. The number of pyridine rings is 1. The number of rotatable bonds is 4. The molecule has 1 heterocycles. The molecule has 1 rings (SSSR count). The van der Waals surface area contributed by atoms with E-state index < -0.39 is 0 Å². The molecule has 0 aliphatic heterocycles. The van der Waals surface area contributed by atoms with Crippen molar-refractivity contribution in [1.82, 2.24) is 4.98 Å². The topological polar surface area (TPSA) is 68.5 Å². The first-order valence-electron chi connectivity index (χ1n) is 5.05. The van der Waals surface area contributed by atoms with Crippen molar-refractivity contribution < 1.29 is 9.53 Å². The zero-order valence-electron chi connectivity index (χ0n) is 9.80. The van der Waals surface area contributed by atoms with Gasteiger partial charge in [0.25, 0.3) is 0 Å². The van der Waals surface area contributed by atoms with Crippen LogP contribution in [0.5, 0.6) is 0 Å². The van der Waals surface area contributed by atoms with Crippen LogP contribution in [0.3, 0.4) is 0 Å². The van der Waals surface area contributed by atoms with Gasteiger partial charge < -0.3 is 15.4 Å². The highest BCUT2D eigenvalue weighted by molar-refractivity contribution is 5.72. The highest BCUT2D eigenvalue weighted by atomic mass is 16.5. The van der Waals surface area contributed by atoms with Gasteiger partial charge in [-0.3, -0.25) is 4.79 Å². The summed E-state index contributed by atoms with van der Waals surface area (Å²) in [7, 11) is 3.29. The number of nitrogens with zero attached hydrogens (tertiary/aromatic N) is 2. The largest absolute Gasteiger partial charge is 0.469 e. The van der Waals surface area contributed by atoms with E-state index in [2.05, 4.69) is 9.72 Å². The Kier molecular flexibility index (Phi) is 4.10. The molecule has 0 fully saturated rings. The molecule has 0 bridgehead atoms. The summed E-state index contributed by atoms with van der Waals surface area (Å²) in [6, 6.07) is 3.62. The second-order valence-electron chi connectivity index (χ2n) is 3.74. The Balaban J connectivity index is 2.65. The van der Waals surface area contributed by atoms with Crippen molar-refractivity contribution in [3.05, 3.63) is 18.3 Å². The average Bonchev–Trinajstić information content (AvgIpc) is 2.27. The van der Waals surface area contributed by atoms with Gasteiger partial charge in [-0.05, 0) is 6.07 Å². The number of ether oxygens (including phenoxy) is 1. The van der Waals surface area contributed by atoms with Crippen molar-refractivity contribution in [3.63, 3.8) is 0 Å². The summed E-state index contributed by atoms with van der Waals surface area (Å²) >= 11 is 0. The molecular weight excluding hydrogens is 206 g/mol. The van der Waals surface area contributed by atoms with E-state index in [1.54, 1.807) is 12.3 Å². The van der Waals surface area contributed by atoms with Gasteiger partial charge in [-0.2, -0.15) is 0 Å². The second-order valence-corrected chi connectivity index (χ2v) is 3.74. The fourth-order valence-electron chi connectivity index (χ4n) is 1.47. The fraction of sp³-hybridized carbons (Fsp3) is 0.455. The van der Waals surface area contributed by atoms with Gasteiger partial charge in [0, 0.05) is 31.5 Å². The van der Waals surface area contributed by atoms with Crippen LogP contribution in [-0.4, -0.2) is 31.7 Å². The molecule has 88 valence electrons. The molecule has 0 aliphatic rings. The van der Waals surface area contributed by atoms with Gasteiger partial charge in [0.1, 0.15) is 5.82 Å². The van der Waals surface area contributed by atoms with E-state index in [0.717, 1.165) is 5.69 Å². The molecule has 0 amide bonds. The van der Waals surface area contributed by atoms with Gasteiger partial charge >= 0.3 is 5.97 Å². The zero-order chi connectivity index (χ0) is 12.1. The number of hydrogen-bond acceptors (Lipinski definition) is 5. The standard InChI is InChI=1S/C11H17N3O2/c1-8(11(15)16-3)7-14(2)9-4-5-13-10(12)6-9/h4-6,8H,7H2,1-3H3,(H2,12,13). The van der Waals surface area contributed by atoms with E-state index in [4.69, 9.17) is 5.73 Å². The van der Waals surface area contributed by atoms with Crippen LogP contribution in [0.25, 0.3) is 0 Å². The van der Waals surface area contributed by atoms with Crippen LogP contribution in [0.15, 0.2) is 18.3 Å². The normalized spacial score (nSPS) is 11.9. The molecular formula is C11H17N3O2. The molecule has 2 N–H and O–H groups in total. The third-order valence-electron chi connectivity index (χ3n) is 2.36. The molecule has 5 nitrogen and oxygen atoms in total. The summed E-state index contributed by atoms with van der Waals surface area (Å²) < 4.78 is 4.67. The number of anilines is 2. The molecule has 0 saturated carbocycles. The van der Waals surface area contributed by atoms with Crippen LogP contribution in [0.4, 0.5) is 11.5 Å². The molecule has 0 saturated heterocycles. The monoisotopic (exact) mass is 223 g/mol. The lowest BCUT2D eigenvalue weighted by Crippen LogP contribution is -2.29. The SMILES string of the molecule is COC(=O)C(C)CN(C)c1ccnc(N)c1. The first-order chi connectivity index (χ1) is 7.54. The Hall–Kier alpha value is -1.78. The zero-order valence-corrected chi connectivity index (χ0v) is 9.80. The van der Waals surface area contributed by atoms with Crippen molar-refractivity contribution in [1.29, 1.82) is 0 Å². The van der Waals surface area contributed by atoms with E-state index in [-0.39, 0.29) is 11.9 Å². The fourth-order valence-corrected chi connectivity index (χ4v) is 1.47. The number of aromatic nitrogens is 1. The summed E-state index contributed by atoms with van der Waals surface area (Å²) in [5.74, 6) is 0.0772. The summed E-state index contributed by atoms with van der Waals surface area (Å²) in [4.78, 5) is 17.1. The average molecular weight is 223 g/mol. The molecule has 16 heavy (non-hydrogen) atoms. The molecule has 1 aromatic heterocycles. The lowest BCUT2D eigenvalue weighted by Gasteiger charge is -2.22. The van der Waals surface area contributed by atoms with Crippen LogP contribution in [0.2, 0.25) is 0 Å². The number of esters is 1. The lowest BCUT2D eigenvalue weighted by molar-refractivity contribution is -0.144. The predicted octanol–water partition coefficient (Wildman–Crippen LogP) is 0.909. The van der Waals surface area contributed by atoms with Crippen LogP contribution in [0, 0.1) is 5.92 Å². The minimum Gasteiger partial charge on any atom is -0.469 e. The molecule has 0 spiro atoms. The first-order valence-corrected chi connectivity index (χ1v) is 5.05. The van der Waals surface area contributed by atoms with E-state index in [1.807, 2.05) is 24.9 Å². The Morgan fingerprint density at radius 3 is 2.94 bits per heavy atom. The van der Waals surface area contributed by atoms with Gasteiger partial charge in [0.05, 0.1) is 13.0 Å². The van der Waals surface area contributed by atoms with Crippen molar-refractivity contribution in [2.45, 2.75) is 6.92 Å². The molecule has 5 heteroatoms. The van der Waals surface area contributed by atoms with Crippen molar-refractivity contribution in [3.8, 4) is 0 Å². The van der Waals surface area contributed by atoms with Crippen LogP contribution >= 0.6 is 0 Å². The van der Waals surface area contributed by atoms with E-state index in [9.17, 15) is 4.79 Å². The summed E-state index contributed by atoms with van der Waals surface area (Å²) in [5, 5.41) is 0. The number of carbonyl (C=O) groups is 1. The first kappa shape index (κ1) is 12.3. The molecule has 0 aromatic carbocycles. The molecule has 1 aromatic rings. The number of methoxy groups -OCH3 is 1. The van der Waals surface area contributed by atoms with Crippen LogP contribution < -0.4 is 10.6 Å². The van der Waals surface area contributed by atoms with Gasteiger partial charge in [-0.1, -0.05) is 6.92 Å². The molecule has 0 aliphatic carbocycles. The highest BCUT2D eigenvalue weighted by Crippen LogP contribution is 2.15. The third-order valence-corrected chi connectivity index (χ3v) is 2.36. The predicted molar refractivity (Wildman–Crippen MR) is 63.1 cm³/mol. The van der Waals surface area contributed by atoms with Crippen molar-refractivity contribution in [2.75, 3.05) is 31.3 Å². The van der Waals surface area contributed by atoms with E-state index in [0.29, 0.717) is 12.4 Å². The van der Waals surface area contributed by atoms with Crippen LogP contribution in [0.1, 0.15) is 6.92 Å². The Morgan fingerprint density at radius 2 is 2.38 bits per heavy atom. The molecule has 1 atom stereocenters. The van der Waals surface area contributed by atoms with Crippen molar-refractivity contribution in [2.24, 2.45) is 5.92 Å². The van der Waals surface area contributed by atoms with Crippen molar-refractivity contribution >= 4 is 17.5 Å². The number of nitrogen functional groups attached to an aromatic ring is 1. The van der Waals surface area contributed by atoms with Gasteiger partial charge in [0.15, 0.2) is 0 Å². The maximum absolute atomic E-state index is 11.3. The van der Waals surface area contributed by atoms with Crippen LogP contribution in [-0.2, 0) is 9.53 Å². The number of hydrogen-bond donors (Lipinski definition) is 1. The van der Waals surface area contributed by atoms with Gasteiger partial charge in [-0.15, -0.1) is 0 Å². The second kappa shape index (κ2) is 5.34. The Bertz CT molecular complexity index is 368. The molecule has 1 unspecified atom stereocenters. The highest BCUT2D eigenvalue weighted by Gasteiger charge is 2.15. The molecule has 0 radical (unpaired) electrons. The number of nitrogens with two attached hydrogens (primary N) is 1. The summed E-state index contributed by atoms with van der Waals surface area (Å²) in [6.07, 6.45) is 1.64. The Labute approximate surface area is 95.2 Å². The van der Waals surface area contributed by atoms with E-state index in [1.165, 1.54) is 7.11 Å². The summed E-state index contributed by atoms with van der Waals surface area (Å²) in [6.45, 7) is 2.41. The van der Waals surface area contributed by atoms with Gasteiger partial charge in [0.2, 0.25) is 0 Å². The minimum absolute atomic E-state index is 0.176. The van der Waals surface area contributed by atoms with E-state index >= 15 is 0 Å². The quantitative estimate of drug-likeness (QED) is 0.768. The Morgan fingerprint density at radius 1 is 1.69 bits per heavy atom. The minimum atomic E-state index is -0.214. The lowest BCUT2D eigenvalue weighted by atomic mass is 10.1. The summed E-state index contributed by atoms with van der Waals surface area (Å²) in [5.41, 5.74) is 6.52. The van der Waals surface area contributed by atoms with Gasteiger partial charge in [-0.25, -0.2) is 4.98 Å². The third kappa shape index (κ3) is 3.12. The maximum atomic E-state index is 11.3. The number of carbonyl (C=O) groups excluding carboxylic acids is 1. The smallest absolute Gasteiger partial charge is 0.310 e.